The molecule has 0 aromatic heterocycles. The van der Waals surface area contributed by atoms with Gasteiger partial charge >= 0.3 is 6.09 Å². The smallest absolute Gasteiger partial charge is 0.408 e. The minimum absolute atomic E-state index is 0.0525. The van der Waals surface area contributed by atoms with Crippen LogP contribution in [0.2, 0.25) is 0 Å². The van der Waals surface area contributed by atoms with E-state index in [1.54, 1.807) is 0 Å². The Morgan fingerprint density at radius 1 is 1.47 bits per heavy atom. The van der Waals surface area contributed by atoms with Gasteiger partial charge in [-0.05, 0) is 50.3 Å². The van der Waals surface area contributed by atoms with E-state index in [1.807, 2.05) is 26.8 Å². The van der Waals surface area contributed by atoms with Gasteiger partial charge < -0.3 is 15.8 Å². The molecule has 4 nitrogen and oxygen atoms in total. The number of benzene rings is 1. The summed E-state index contributed by atoms with van der Waals surface area (Å²) in [4.78, 5) is 11.8. The standard InChI is InChI=1S/C15H22N2O2/c1-15(2,3)19-14(18)17-13-7-5-11-8-10(9-16)4-6-12(11)13/h4,6,8,13H,5,7,9,16H2,1-3H3,(H,17,18). The zero-order valence-corrected chi connectivity index (χ0v) is 11.8. The van der Waals surface area contributed by atoms with Crippen LogP contribution in [0.4, 0.5) is 4.79 Å². The number of alkyl carbamates (subject to hydrolysis) is 1. The van der Waals surface area contributed by atoms with E-state index in [-0.39, 0.29) is 12.1 Å². The van der Waals surface area contributed by atoms with Gasteiger partial charge in [-0.3, -0.25) is 0 Å². The number of carbonyl (C=O) groups excluding carboxylic acids is 1. The number of nitrogens with two attached hydrogens (primary N) is 1. The summed E-state index contributed by atoms with van der Waals surface area (Å²) in [5, 5.41) is 2.94. The first-order chi connectivity index (χ1) is 8.89. The summed E-state index contributed by atoms with van der Waals surface area (Å²) in [6.45, 7) is 6.14. The van der Waals surface area contributed by atoms with E-state index in [4.69, 9.17) is 10.5 Å². The van der Waals surface area contributed by atoms with Crippen molar-refractivity contribution in [1.82, 2.24) is 5.32 Å². The molecule has 0 bridgehead atoms. The first-order valence-electron chi connectivity index (χ1n) is 6.70. The fourth-order valence-electron chi connectivity index (χ4n) is 2.40. The number of hydrogen-bond donors (Lipinski definition) is 2. The first-order valence-corrected chi connectivity index (χ1v) is 6.70. The summed E-state index contributed by atoms with van der Waals surface area (Å²) in [6, 6.07) is 6.27. The Morgan fingerprint density at radius 3 is 2.84 bits per heavy atom. The van der Waals surface area contributed by atoms with Crippen molar-refractivity contribution in [3.05, 3.63) is 34.9 Å². The summed E-state index contributed by atoms with van der Waals surface area (Å²) < 4.78 is 5.29. The van der Waals surface area contributed by atoms with Crippen LogP contribution in [-0.2, 0) is 17.7 Å². The summed E-state index contributed by atoms with van der Waals surface area (Å²) >= 11 is 0. The maximum atomic E-state index is 11.8. The zero-order valence-electron chi connectivity index (χ0n) is 11.8. The lowest BCUT2D eigenvalue weighted by Crippen LogP contribution is -2.34. The molecule has 0 spiro atoms. The van der Waals surface area contributed by atoms with E-state index in [0.29, 0.717) is 6.54 Å². The van der Waals surface area contributed by atoms with Crippen molar-refractivity contribution >= 4 is 6.09 Å². The zero-order chi connectivity index (χ0) is 14.0. The van der Waals surface area contributed by atoms with E-state index in [1.165, 1.54) is 11.1 Å². The van der Waals surface area contributed by atoms with Crippen LogP contribution in [0.25, 0.3) is 0 Å². The summed E-state index contributed by atoms with van der Waals surface area (Å²) in [6.07, 6.45) is 1.54. The molecule has 104 valence electrons. The van der Waals surface area contributed by atoms with Gasteiger partial charge in [0.1, 0.15) is 5.60 Å². The number of rotatable bonds is 2. The minimum Gasteiger partial charge on any atom is -0.444 e. The van der Waals surface area contributed by atoms with E-state index >= 15 is 0 Å². The highest BCUT2D eigenvalue weighted by Crippen LogP contribution is 2.31. The topological polar surface area (TPSA) is 64.3 Å². The second-order valence-corrected chi connectivity index (χ2v) is 5.97. The van der Waals surface area contributed by atoms with Crippen molar-refractivity contribution in [2.75, 3.05) is 0 Å². The number of hydrogen-bond acceptors (Lipinski definition) is 3. The van der Waals surface area contributed by atoms with Crippen molar-refractivity contribution in [3.63, 3.8) is 0 Å². The van der Waals surface area contributed by atoms with Gasteiger partial charge in [0.25, 0.3) is 0 Å². The summed E-state index contributed by atoms with van der Waals surface area (Å²) in [7, 11) is 0. The highest BCUT2D eigenvalue weighted by atomic mass is 16.6. The molecule has 1 aliphatic rings. The van der Waals surface area contributed by atoms with Crippen molar-refractivity contribution in [3.8, 4) is 0 Å². The molecule has 0 saturated carbocycles. The second-order valence-electron chi connectivity index (χ2n) is 5.97. The lowest BCUT2D eigenvalue weighted by atomic mass is 10.0. The number of carbonyl (C=O) groups is 1. The van der Waals surface area contributed by atoms with Gasteiger partial charge in [0.2, 0.25) is 0 Å². The number of ether oxygens (including phenoxy) is 1. The Labute approximate surface area is 114 Å². The third-order valence-electron chi connectivity index (χ3n) is 3.21. The van der Waals surface area contributed by atoms with Gasteiger partial charge in [0.15, 0.2) is 0 Å². The summed E-state index contributed by atoms with van der Waals surface area (Å²) in [5.41, 5.74) is 8.78. The van der Waals surface area contributed by atoms with Crippen LogP contribution in [0.15, 0.2) is 18.2 Å². The van der Waals surface area contributed by atoms with Crippen LogP contribution >= 0.6 is 0 Å². The van der Waals surface area contributed by atoms with Crippen molar-refractivity contribution in [2.45, 2.75) is 51.8 Å². The maximum Gasteiger partial charge on any atom is 0.408 e. The van der Waals surface area contributed by atoms with Gasteiger partial charge in [-0.1, -0.05) is 18.2 Å². The van der Waals surface area contributed by atoms with E-state index < -0.39 is 5.60 Å². The molecular weight excluding hydrogens is 240 g/mol. The Hall–Kier alpha value is -1.55. The van der Waals surface area contributed by atoms with E-state index in [0.717, 1.165) is 18.4 Å². The molecule has 1 amide bonds. The number of aryl methyl sites for hydroxylation is 1. The van der Waals surface area contributed by atoms with Crippen LogP contribution in [0.1, 0.15) is 49.9 Å². The van der Waals surface area contributed by atoms with Crippen molar-refractivity contribution < 1.29 is 9.53 Å². The van der Waals surface area contributed by atoms with Gasteiger partial charge in [-0.15, -0.1) is 0 Å². The Morgan fingerprint density at radius 2 is 2.21 bits per heavy atom. The Bertz CT molecular complexity index is 478. The Kier molecular flexibility index (Phi) is 3.80. The molecule has 4 heteroatoms. The van der Waals surface area contributed by atoms with E-state index in [2.05, 4.69) is 17.4 Å². The first kappa shape index (κ1) is 13.9. The maximum absolute atomic E-state index is 11.8. The van der Waals surface area contributed by atoms with Crippen molar-refractivity contribution in [1.29, 1.82) is 0 Å². The fourth-order valence-corrected chi connectivity index (χ4v) is 2.40. The van der Waals surface area contributed by atoms with E-state index in [9.17, 15) is 4.79 Å². The molecule has 3 N–H and O–H groups in total. The molecule has 0 saturated heterocycles. The molecule has 0 heterocycles. The van der Waals surface area contributed by atoms with Gasteiger partial charge in [-0.25, -0.2) is 4.79 Å². The predicted molar refractivity (Wildman–Crippen MR) is 74.8 cm³/mol. The van der Waals surface area contributed by atoms with Gasteiger partial charge in [-0.2, -0.15) is 0 Å². The molecule has 1 aliphatic carbocycles. The lowest BCUT2D eigenvalue weighted by Gasteiger charge is -2.22. The molecule has 2 rings (SSSR count). The molecule has 1 unspecified atom stereocenters. The predicted octanol–water partition coefficient (Wildman–Crippen LogP) is 2.66. The molecular formula is C15H22N2O2. The number of nitrogens with one attached hydrogen (secondary N) is 1. The average Bonchev–Trinajstić information content (AvgIpc) is 2.69. The number of amides is 1. The van der Waals surface area contributed by atoms with Crippen LogP contribution in [0, 0.1) is 0 Å². The molecule has 0 aliphatic heterocycles. The highest BCUT2D eigenvalue weighted by Gasteiger charge is 2.26. The Balaban J connectivity index is 2.04. The SMILES string of the molecule is CC(C)(C)OC(=O)NC1CCc2cc(CN)ccc21. The van der Waals surface area contributed by atoms with Crippen LogP contribution < -0.4 is 11.1 Å². The third-order valence-corrected chi connectivity index (χ3v) is 3.21. The summed E-state index contributed by atoms with van der Waals surface area (Å²) in [5.74, 6) is 0. The molecule has 0 fully saturated rings. The normalized spacial score (nSPS) is 18.0. The third kappa shape index (κ3) is 3.47. The lowest BCUT2D eigenvalue weighted by molar-refractivity contribution is 0.0503. The monoisotopic (exact) mass is 262 g/mol. The highest BCUT2D eigenvalue weighted by molar-refractivity contribution is 5.68. The van der Waals surface area contributed by atoms with Gasteiger partial charge in [0.05, 0.1) is 6.04 Å². The molecule has 0 radical (unpaired) electrons. The molecule has 19 heavy (non-hydrogen) atoms. The molecule has 1 aromatic rings. The van der Waals surface area contributed by atoms with Crippen LogP contribution in [-0.4, -0.2) is 11.7 Å². The average molecular weight is 262 g/mol. The van der Waals surface area contributed by atoms with Crippen molar-refractivity contribution in [2.24, 2.45) is 5.73 Å². The fraction of sp³-hybridized carbons (Fsp3) is 0.533. The molecule has 1 atom stereocenters. The quantitative estimate of drug-likeness (QED) is 0.861. The van der Waals surface area contributed by atoms with Crippen LogP contribution in [0.5, 0.6) is 0 Å². The minimum atomic E-state index is -0.463. The largest absolute Gasteiger partial charge is 0.444 e. The second kappa shape index (κ2) is 5.21. The number of fused-ring (bicyclic) bond motifs is 1. The molecule has 1 aromatic carbocycles. The van der Waals surface area contributed by atoms with Gasteiger partial charge in [0, 0.05) is 6.54 Å². The van der Waals surface area contributed by atoms with Crippen LogP contribution in [0.3, 0.4) is 0 Å².